The molecule has 0 spiro atoms. The first-order valence-electron chi connectivity index (χ1n) is 5.74. The first-order valence-corrected chi connectivity index (χ1v) is 8.65. The van der Waals surface area contributed by atoms with Crippen LogP contribution in [0, 0.1) is 10.1 Å². The third-order valence-electron chi connectivity index (χ3n) is 2.74. The van der Waals surface area contributed by atoms with Gasteiger partial charge in [0.05, 0.1) is 26.4 Å². The molecule has 0 aliphatic heterocycles. The van der Waals surface area contributed by atoms with Crippen LogP contribution in [0.4, 0.5) is 11.4 Å². The monoisotopic (exact) mass is 432 g/mol. The second-order valence-corrected chi connectivity index (χ2v) is 7.34. The van der Waals surface area contributed by atoms with Gasteiger partial charge in [-0.05, 0) is 39.7 Å². The minimum atomic E-state index is -1.28. The highest BCUT2D eigenvalue weighted by Crippen LogP contribution is 2.28. The van der Waals surface area contributed by atoms with Crippen LogP contribution in [0.5, 0.6) is 0 Å². The number of hydrogen-bond donors (Lipinski definition) is 1. The summed E-state index contributed by atoms with van der Waals surface area (Å²) in [7, 11) is -1.28. The van der Waals surface area contributed by atoms with Crippen molar-refractivity contribution in [1.82, 2.24) is 0 Å². The van der Waals surface area contributed by atoms with E-state index in [1.807, 2.05) is 0 Å². The van der Waals surface area contributed by atoms with Crippen molar-refractivity contribution in [3.8, 4) is 0 Å². The highest BCUT2D eigenvalue weighted by atomic mass is 79.9. The first kappa shape index (κ1) is 16.1. The lowest BCUT2D eigenvalue weighted by molar-refractivity contribution is -0.384. The maximum Gasteiger partial charge on any atom is 0.270 e. The molecule has 5 nitrogen and oxygen atoms in total. The normalized spacial score (nSPS) is 12.1. The molecule has 0 radical (unpaired) electrons. The van der Waals surface area contributed by atoms with E-state index < -0.39 is 15.7 Å². The van der Waals surface area contributed by atoms with E-state index in [2.05, 4.69) is 31.9 Å². The molecular formula is C13H10Br2N2O3S. The Bertz CT molecular complexity index is 737. The number of non-ortho nitro benzene ring substituents is 1. The zero-order valence-electron chi connectivity index (χ0n) is 10.6. The summed E-state index contributed by atoms with van der Waals surface area (Å²) in [6.07, 6.45) is 0. The zero-order chi connectivity index (χ0) is 15.6. The Labute approximate surface area is 140 Å². The van der Waals surface area contributed by atoms with Crippen LogP contribution >= 0.6 is 31.9 Å². The van der Waals surface area contributed by atoms with Crippen LogP contribution in [0.2, 0.25) is 0 Å². The fraction of sp³-hybridized carbons (Fsp3) is 0.0769. The average Bonchev–Trinajstić information content (AvgIpc) is 2.40. The summed E-state index contributed by atoms with van der Waals surface area (Å²) in [5.74, 6) is 0.251. The lowest BCUT2D eigenvalue weighted by Gasteiger charge is -2.07. The molecule has 2 N–H and O–H groups in total. The Morgan fingerprint density at radius 1 is 1.14 bits per heavy atom. The van der Waals surface area contributed by atoms with Gasteiger partial charge in [-0.25, -0.2) is 0 Å². The second-order valence-electron chi connectivity index (χ2n) is 4.21. The molecule has 0 saturated heterocycles. The number of nitrogens with two attached hydrogens (primary N) is 1. The molecule has 1 atom stereocenters. The van der Waals surface area contributed by atoms with E-state index >= 15 is 0 Å². The largest absolute Gasteiger partial charge is 0.399 e. The molecule has 110 valence electrons. The number of rotatable bonds is 4. The van der Waals surface area contributed by atoms with Crippen LogP contribution in [0.15, 0.2) is 50.2 Å². The highest BCUT2D eigenvalue weighted by Gasteiger charge is 2.14. The van der Waals surface area contributed by atoms with E-state index in [4.69, 9.17) is 5.73 Å². The molecule has 0 aliphatic carbocycles. The van der Waals surface area contributed by atoms with Crippen molar-refractivity contribution in [3.63, 3.8) is 0 Å². The summed E-state index contributed by atoms with van der Waals surface area (Å²) >= 11 is 6.61. The van der Waals surface area contributed by atoms with Gasteiger partial charge in [0.2, 0.25) is 0 Å². The van der Waals surface area contributed by atoms with Crippen LogP contribution in [0.1, 0.15) is 5.56 Å². The molecule has 0 aromatic heterocycles. The van der Waals surface area contributed by atoms with Crippen molar-refractivity contribution < 1.29 is 9.13 Å². The standard InChI is InChI=1S/C13H10Br2N2O3S/c14-11-6-10(17(18)19)3-1-8(11)7-21(20)13-4-2-9(16)5-12(13)15/h1-6H,7,16H2. The van der Waals surface area contributed by atoms with Crippen molar-refractivity contribution in [2.24, 2.45) is 0 Å². The Morgan fingerprint density at radius 3 is 2.43 bits per heavy atom. The van der Waals surface area contributed by atoms with Crippen molar-refractivity contribution in [3.05, 3.63) is 61.0 Å². The Balaban J connectivity index is 2.25. The molecule has 2 aromatic rings. The number of nitro benzene ring substituents is 1. The molecule has 2 aromatic carbocycles. The quantitative estimate of drug-likeness (QED) is 0.448. The van der Waals surface area contributed by atoms with Crippen molar-refractivity contribution in [1.29, 1.82) is 0 Å². The van der Waals surface area contributed by atoms with Crippen molar-refractivity contribution in [2.75, 3.05) is 5.73 Å². The summed E-state index contributed by atoms with van der Waals surface area (Å²) in [5.41, 5.74) is 6.96. The van der Waals surface area contributed by atoms with Gasteiger partial charge in [-0.1, -0.05) is 22.0 Å². The predicted molar refractivity (Wildman–Crippen MR) is 89.5 cm³/mol. The topological polar surface area (TPSA) is 86.2 Å². The van der Waals surface area contributed by atoms with Crippen molar-refractivity contribution >= 4 is 54.0 Å². The van der Waals surface area contributed by atoms with E-state index in [0.29, 0.717) is 19.5 Å². The van der Waals surface area contributed by atoms with Gasteiger partial charge >= 0.3 is 0 Å². The molecule has 0 bridgehead atoms. The fourth-order valence-corrected chi connectivity index (χ4v) is 4.50. The summed E-state index contributed by atoms with van der Waals surface area (Å²) in [6.45, 7) is 0. The Morgan fingerprint density at radius 2 is 1.86 bits per heavy atom. The van der Waals surface area contributed by atoms with Crippen LogP contribution in [-0.2, 0) is 16.6 Å². The number of anilines is 1. The maximum absolute atomic E-state index is 12.4. The molecule has 21 heavy (non-hydrogen) atoms. The van der Waals surface area contributed by atoms with Gasteiger partial charge in [0, 0.05) is 26.8 Å². The molecule has 0 amide bonds. The molecule has 0 heterocycles. The number of nitrogens with zero attached hydrogens (tertiary/aromatic N) is 1. The Hall–Kier alpha value is -1.25. The van der Waals surface area contributed by atoms with Gasteiger partial charge in [-0.2, -0.15) is 0 Å². The van der Waals surface area contributed by atoms with E-state index in [0.717, 1.165) is 5.56 Å². The third-order valence-corrected chi connectivity index (χ3v) is 5.81. The average molecular weight is 434 g/mol. The van der Waals surface area contributed by atoms with Gasteiger partial charge in [-0.3, -0.25) is 14.3 Å². The number of hydrogen-bond acceptors (Lipinski definition) is 4. The molecule has 0 saturated carbocycles. The number of nitrogen functional groups attached to an aromatic ring is 1. The van der Waals surface area contributed by atoms with Gasteiger partial charge < -0.3 is 5.73 Å². The number of halogens is 2. The van der Waals surface area contributed by atoms with Crippen LogP contribution in [0.25, 0.3) is 0 Å². The molecule has 2 rings (SSSR count). The van der Waals surface area contributed by atoms with Gasteiger partial charge in [0.15, 0.2) is 0 Å². The number of benzene rings is 2. The van der Waals surface area contributed by atoms with Crippen LogP contribution < -0.4 is 5.73 Å². The van der Waals surface area contributed by atoms with E-state index in [1.54, 1.807) is 24.3 Å². The van der Waals surface area contributed by atoms with Crippen LogP contribution in [-0.4, -0.2) is 9.13 Å². The maximum atomic E-state index is 12.4. The smallest absolute Gasteiger partial charge is 0.270 e. The number of nitro groups is 1. The third kappa shape index (κ3) is 3.90. The van der Waals surface area contributed by atoms with E-state index in [9.17, 15) is 14.3 Å². The summed E-state index contributed by atoms with van der Waals surface area (Å²) in [5, 5.41) is 10.7. The molecule has 1 unspecified atom stereocenters. The molecule has 8 heteroatoms. The first-order chi connectivity index (χ1) is 9.88. The summed E-state index contributed by atoms with van der Waals surface area (Å²) in [4.78, 5) is 10.9. The predicted octanol–water partition coefficient (Wildman–Crippen LogP) is 4.01. The van der Waals surface area contributed by atoms with E-state index in [1.165, 1.54) is 12.1 Å². The molecule has 0 aliphatic rings. The molecule has 0 fully saturated rings. The zero-order valence-corrected chi connectivity index (χ0v) is 14.6. The fourth-order valence-electron chi connectivity index (χ4n) is 1.69. The minimum absolute atomic E-state index is 0.00919. The van der Waals surface area contributed by atoms with Gasteiger partial charge in [0.1, 0.15) is 0 Å². The van der Waals surface area contributed by atoms with E-state index in [-0.39, 0.29) is 11.4 Å². The Kier molecular flexibility index (Phi) is 5.13. The van der Waals surface area contributed by atoms with Crippen molar-refractivity contribution in [2.45, 2.75) is 10.6 Å². The highest BCUT2D eigenvalue weighted by molar-refractivity contribution is 9.10. The summed E-state index contributed by atoms with van der Waals surface area (Å²) in [6, 6.07) is 9.49. The molecular weight excluding hydrogens is 424 g/mol. The van der Waals surface area contributed by atoms with Crippen LogP contribution in [0.3, 0.4) is 0 Å². The SMILES string of the molecule is Nc1ccc(S(=O)Cc2ccc([N+](=O)[O-])cc2Br)c(Br)c1. The lowest BCUT2D eigenvalue weighted by Crippen LogP contribution is -2.00. The summed E-state index contributed by atoms with van der Waals surface area (Å²) < 4.78 is 13.6. The van der Waals surface area contributed by atoms with Gasteiger partial charge in [-0.15, -0.1) is 0 Å². The lowest BCUT2D eigenvalue weighted by atomic mass is 10.2. The second kappa shape index (κ2) is 6.67. The minimum Gasteiger partial charge on any atom is -0.399 e. The van der Waals surface area contributed by atoms with Gasteiger partial charge in [0.25, 0.3) is 5.69 Å².